The Bertz CT molecular complexity index is 467. The maximum absolute atomic E-state index is 12.2. The number of nitrogens with zero attached hydrogens (tertiary/aromatic N) is 1. The molecule has 0 spiro atoms. The van der Waals surface area contributed by atoms with E-state index in [0.717, 1.165) is 43.2 Å². The molecule has 0 saturated carbocycles. The number of carbonyl (C=O) groups excluding carboxylic acids is 1. The Labute approximate surface area is 113 Å². The number of benzene rings is 1. The van der Waals surface area contributed by atoms with Crippen molar-refractivity contribution in [2.45, 2.75) is 19.3 Å². The third-order valence-electron chi connectivity index (χ3n) is 3.83. The van der Waals surface area contributed by atoms with Gasteiger partial charge in [-0.1, -0.05) is 0 Å². The molecule has 0 aromatic heterocycles. The van der Waals surface area contributed by atoms with Crippen LogP contribution in [0.3, 0.4) is 0 Å². The number of anilines is 1. The van der Waals surface area contributed by atoms with Crippen molar-refractivity contribution in [3.8, 4) is 5.75 Å². The van der Waals surface area contributed by atoms with Gasteiger partial charge in [0.05, 0.1) is 5.69 Å². The normalized spacial score (nSPS) is 18.5. The van der Waals surface area contributed by atoms with Crippen LogP contribution in [0.15, 0.2) is 18.2 Å². The molecule has 3 rings (SSSR count). The van der Waals surface area contributed by atoms with Crippen LogP contribution < -0.4 is 10.1 Å². The van der Waals surface area contributed by atoms with Crippen LogP contribution in [0, 0.1) is 0 Å². The van der Waals surface area contributed by atoms with Crippen LogP contribution in [0.25, 0.3) is 0 Å². The van der Waals surface area contributed by atoms with Gasteiger partial charge in [0.2, 0.25) is 0 Å². The van der Waals surface area contributed by atoms with E-state index in [2.05, 4.69) is 10.2 Å². The van der Waals surface area contributed by atoms with Crippen molar-refractivity contribution in [3.05, 3.63) is 23.8 Å². The Hall–Kier alpha value is -1.55. The summed E-state index contributed by atoms with van der Waals surface area (Å²) in [6.07, 6.45) is 3.15. The maximum atomic E-state index is 12.2. The standard InChI is InChI=1S/C15H20N2O2/c18-14(5-9-17-7-1-2-8-17)12-3-4-15-13(11-12)16-6-10-19-15/h3-4,11,16H,1-2,5-10H2. The molecule has 19 heavy (non-hydrogen) atoms. The Morgan fingerprint density at radius 3 is 3.00 bits per heavy atom. The van der Waals surface area contributed by atoms with E-state index in [1.54, 1.807) is 0 Å². The summed E-state index contributed by atoms with van der Waals surface area (Å²) >= 11 is 0. The van der Waals surface area contributed by atoms with E-state index in [1.807, 2.05) is 18.2 Å². The maximum Gasteiger partial charge on any atom is 0.164 e. The molecule has 4 nitrogen and oxygen atoms in total. The van der Waals surface area contributed by atoms with Gasteiger partial charge < -0.3 is 15.0 Å². The van der Waals surface area contributed by atoms with Gasteiger partial charge in [-0.05, 0) is 44.1 Å². The molecule has 102 valence electrons. The van der Waals surface area contributed by atoms with Crippen LogP contribution in [0.4, 0.5) is 5.69 Å². The van der Waals surface area contributed by atoms with Crippen molar-refractivity contribution in [2.75, 3.05) is 38.1 Å². The highest BCUT2D eigenvalue weighted by atomic mass is 16.5. The number of Topliss-reactive ketones (excluding diaryl/α,β-unsaturated/α-hetero) is 1. The van der Waals surface area contributed by atoms with Crippen LogP contribution in [0.5, 0.6) is 5.75 Å². The molecule has 1 N–H and O–H groups in total. The van der Waals surface area contributed by atoms with E-state index in [1.165, 1.54) is 12.8 Å². The third kappa shape index (κ3) is 2.89. The molecule has 1 fully saturated rings. The molecular weight excluding hydrogens is 240 g/mol. The number of ether oxygens (including phenoxy) is 1. The summed E-state index contributed by atoms with van der Waals surface area (Å²) < 4.78 is 5.52. The van der Waals surface area contributed by atoms with Crippen molar-refractivity contribution in [3.63, 3.8) is 0 Å². The molecule has 1 aromatic carbocycles. The second-order valence-corrected chi connectivity index (χ2v) is 5.21. The Balaban J connectivity index is 1.62. The minimum atomic E-state index is 0.224. The van der Waals surface area contributed by atoms with Crippen molar-refractivity contribution in [1.82, 2.24) is 4.90 Å². The zero-order valence-corrected chi connectivity index (χ0v) is 11.2. The SMILES string of the molecule is O=C(CCN1CCCC1)c1ccc2c(c1)NCCO2. The van der Waals surface area contributed by atoms with Crippen molar-refractivity contribution in [2.24, 2.45) is 0 Å². The van der Waals surface area contributed by atoms with Gasteiger partial charge in [0.25, 0.3) is 0 Å². The predicted molar refractivity (Wildman–Crippen MR) is 75.0 cm³/mol. The zero-order chi connectivity index (χ0) is 13.1. The summed E-state index contributed by atoms with van der Waals surface area (Å²) in [5, 5.41) is 3.27. The average molecular weight is 260 g/mol. The molecule has 0 atom stereocenters. The number of nitrogens with one attached hydrogen (secondary N) is 1. The summed E-state index contributed by atoms with van der Waals surface area (Å²) in [7, 11) is 0. The molecule has 2 aliphatic rings. The van der Waals surface area contributed by atoms with Gasteiger partial charge in [0, 0.05) is 25.1 Å². The number of ketones is 1. The van der Waals surface area contributed by atoms with Crippen molar-refractivity contribution < 1.29 is 9.53 Å². The first kappa shape index (κ1) is 12.5. The van der Waals surface area contributed by atoms with Crippen LogP contribution >= 0.6 is 0 Å². The quantitative estimate of drug-likeness (QED) is 0.842. The second kappa shape index (κ2) is 5.61. The van der Waals surface area contributed by atoms with E-state index in [0.29, 0.717) is 13.0 Å². The Morgan fingerprint density at radius 1 is 1.32 bits per heavy atom. The number of hydrogen-bond donors (Lipinski definition) is 1. The van der Waals surface area contributed by atoms with Gasteiger partial charge in [-0.3, -0.25) is 4.79 Å². The summed E-state index contributed by atoms with van der Waals surface area (Å²) in [6, 6.07) is 5.68. The number of fused-ring (bicyclic) bond motifs is 1. The van der Waals surface area contributed by atoms with Gasteiger partial charge in [-0.25, -0.2) is 0 Å². The first-order chi connectivity index (χ1) is 9.33. The highest BCUT2D eigenvalue weighted by Crippen LogP contribution is 2.28. The molecule has 0 unspecified atom stereocenters. The molecule has 1 saturated heterocycles. The van der Waals surface area contributed by atoms with E-state index in [9.17, 15) is 4.79 Å². The largest absolute Gasteiger partial charge is 0.490 e. The van der Waals surface area contributed by atoms with Gasteiger partial charge in [0.15, 0.2) is 5.78 Å². The monoisotopic (exact) mass is 260 g/mol. The summed E-state index contributed by atoms with van der Waals surface area (Å²) in [5.41, 5.74) is 1.73. The van der Waals surface area contributed by atoms with Crippen LogP contribution in [-0.4, -0.2) is 43.5 Å². The number of rotatable bonds is 4. The fourth-order valence-electron chi connectivity index (χ4n) is 2.72. The molecule has 0 aliphatic carbocycles. The van der Waals surface area contributed by atoms with Crippen LogP contribution in [0.2, 0.25) is 0 Å². The smallest absolute Gasteiger partial charge is 0.164 e. The molecule has 0 amide bonds. The number of hydrogen-bond acceptors (Lipinski definition) is 4. The van der Waals surface area contributed by atoms with Gasteiger partial charge in [-0.2, -0.15) is 0 Å². The lowest BCUT2D eigenvalue weighted by Gasteiger charge is -2.19. The topological polar surface area (TPSA) is 41.6 Å². The predicted octanol–water partition coefficient (Wildman–Crippen LogP) is 2.16. The minimum absolute atomic E-state index is 0.224. The average Bonchev–Trinajstić information content (AvgIpc) is 2.97. The first-order valence-corrected chi connectivity index (χ1v) is 7.09. The number of carbonyl (C=O) groups is 1. The Kier molecular flexibility index (Phi) is 3.69. The fourth-order valence-corrected chi connectivity index (χ4v) is 2.72. The molecule has 0 radical (unpaired) electrons. The van der Waals surface area contributed by atoms with Gasteiger partial charge in [0.1, 0.15) is 12.4 Å². The molecule has 4 heteroatoms. The molecule has 2 aliphatic heterocycles. The Morgan fingerprint density at radius 2 is 2.16 bits per heavy atom. The summed E-state index contributed by atoms with van der Waals surface area (Å²) in [6.45, 7) is 4.67. The second-order valence-electron chi connectivity index (χ2n) is 5.21. The van der Waals surface area contributed by atoms with Gasteiger partial charge >= 0.3 is 0 Å². The zero-order valence-electron chi connectivity index (χ0n) is 11.2. The van der Waals surface area contributed by atoms with Crippen LogP contribution in [0.1, 0.15) is 29.6 Å². The summed E-state index contributed by atoms with van der Waals surface area (Å²) in [4.78, 5) is 14.6. The van der Waals surface area contributed by atoms with E-state index >= 15 is 0 Å². The van der Waals surface area contributed by atoms with E-state index in [4.69, 9.17) is 4.74 Å². The molecular formula is C15H20N2O2. The summed E-state index contributed by atoms with van der Waals surface area (Å²) in [5.74, 6) is 1.07. The highest BCUT2D eigenvalue weighted by Gasteiger charge is 2.16. The van der Waals surface area contributed by atoms with Crippen LogP contribution in [-0.2, 0) is 0 Å². The fraction of sp³-hybridized carbons (Fsp3) is 0.533. The number of likely N-dealkylation sites (tertiary alicyclic amines) is 1. The van der Waals surface area contributed by atoms with E-state index < -0.39 is 0 Å². The first-order valence-electron chi connectivity index (χ1n) is 7.09. The lowest BCUT2D eigenvalue weighted by molar-refractivity contribution is 0.0969. The lowest BCUT2D eigenvalue weighted by atomic mass is 10.1. The van der Waals surface area contributed by atoms with Gasteiger partial charge in [-0.15, -0.1) is 0 Å². The lowest BCUT2D eigenvalue weighted by Crippen LogP contribution is -2.23. The molecule has 0 bridgehead atoms. The molecule has 1 aromatic rings. The van der Waals surface area contributed by atoms with E-state index in [-0.39, 0.29) is 5.78 Å². The van der Waals surface area contributed by atoms with Crippen molar-refractivity contribution in [1.29, 1.82) is 0 Å². The minimum Gasteiger partial charge on any atom is -0.490 e. The third-order valence-corrected chi connectivity index (χ3v) is 3.83. The molecule has 2 heterocycles. The highest BCUT2D eigenvalue weighted by molar-refractivity contribution is 5.97. The van der Waals surface area contributed by atoms with Crippen molar-refractivity contribution >= 4 is 11.5 Å².